The molecule has 7 nitrogen and oxygen atoms in total. The molecule has 0 bridgehead atoms. The Kier molecular flexibility index (Phi) is 2.69. The lowest BCUT2D eigenvalue weighted by Crippen LogP contribution is -2.13. The molecule has 0 unspecified atom stereocenters. The number of carbonyl (C=O) groups excluding carboxylic acids is 1. The van der Waals surface area contributed by atoms with Crippen LogP contribution in [0.4, 0.5) is 10.3 Å². The van der Waals surface area contributed by atoms with Crippen LogP contribution in [0.1, 0.15) is 10.4 Å². The van der Waals surface area contributed by atoms with Crippen molar-refractivity contribution in [3.05, 3.63) is 29.6 Å². The number of aromatic hydroxyl groups is 1. The van der Waals surface area contributed by atoms with Crippen LogP contribution in [0.5, 0.6) is 5.75 Å². The summed E-state index contributed by atoms with van der Waals surface area (Å²) in [5.41, 5.74) is -0.197. The summed E-state index contributed by atoms with van der Waals surface area (Å²) in [7, 11) is 1.53. The first-order chi connectivity index (χ1) is 8.06. The normalized spacial score (nSPS) is 10.2. The highest BCUT2D eigenvalue weighted by Gasteiger charge is 2.14. The van der Waals surface area contributed by atoms with Gasteiger partial charge in [-0.2, -0.15) is 4.80 Å². The molecule has 17 heavy (non-hydrogen) atoms. The Hall–Kier alpha value is -2.51. The van der Waals surface area contributed by atoms with E-state index in [0.29, 0.717) is 0 Å². The topological polar surface area (TPSA) is 92.9 Å². The van der Waals surface area contributed by atoms with Crippen LogP contribution in [0.25, 0.3) is 0 Å². The summed E-state index contributed by atoms with van der Waals surface area (Å²) in [6.45, 7) is 0. The first-order valence-electron chi connectivity index (χ1n) is 4.60. The Bertz CT molecular complexity index is 568. The Morgan fingerprint density at radius 2 is 2.29 bits per heavy atom. The van der Waals surface area contributed by atoms with Crippen molar-refractivity contribution in [3.8, 4) is 5.75 Å². The van der Waals surface area contributed by atoms with E-state index in [-0.39, 0.29) is 17.3 Å². The van der Waals surface area contributed by atoms with Gasteiger partial charge in [-0.15, -0.1) is 5.10 Å². The lowest BCUT2D eigenvalue weighted by molar-refractivity contribution is 0.102. The predicted molar refractivity (Wildman–Crippen MR) is 54.8 cm³/mol. The molecular formula is C9H8FN5O2. The van der Waals surface area contributed by atoms with Gasteiger partial charge in [-0.25, -0.2) is 4.39 Å². The molecule has 0 fully saturated rings. The highest BCUT2D eigenvalue weighted by molar-refractivity contribution is 6.05. The third-order valence-corrected chi connectivity index (χ3v) is 1.94. The second-order valence-corrected chi connectivity index (χ2v) is 3.22. The second kappa shape index (κ2) is 4.16. The average Bonchev–Trinajstić information content (AvgIpc) is 2.67. The van der Waals surface area contributed by atoms with Gasteiger partial charge in [0.2, 0.25) is 0 Å². The first-order valence-corrected chi connectivity index (χ1v) is 4.60. The summed E-state index contributed by atoms with van der Waals surface area (Å²) in [6.07, 6.45) is 0. The molecule has 0 aliphatic heterocycles. The van der Waals surface area contributed by atoms with E-state index in [2.05, 4.69) is 20.7 Å². The van der Waals surface area contributed by atoms with Crippen LogP contribution in [0.15, 0.2) is 18.2 Å². The van der Waals surface area contributed by atoms with E-state index in [1.807, 2.05) is 0 Å². The number of hydrogen-bond acceptors (Lipinski definition) is 5. The fraction of sp³-hybridized carbons (Fsp3) is 0.111. The largest absolute Gasteiger partial charge is 0.507 e. The molecule has 2 rings (SSSR count). The molecule has 0 spiro atoms. The van der Waals surface area contributed by atoms with E-state index in [4.69, 9.17) is 0 Å². The molecule has 1 aromatic heterocycles. The predicted octanol–water partition coefficient (Wildman–Crippen LogP) is 0.307. The van der Waals surface area contributed by atoms with Crippen molar-refractivity contribution in [1.82, 2.24) is 20.2 Å². The standard InChI is InChI=1S/C9H8FN5O2/c1-15-13-9(12-14-15)11-8(17)6-4-5(10)2-3-7(6)16/h2-4,16H,1H3,(H,11,13,17). The number of aromatic nitrogens is 4. The van der Waals surface area contributed by atoms with Gasteiger partial charge in [0.05, 0.1) is 12.6 Å². The second-order valence-electron chi connectivity index (χ2n) is 3.22. The summed E-state index contributed by atoms with van der Waals surface area (Å²) in [6, 6.07) is 3.06. The van der Waals surface area contributed by atoms with Crippen LogP contribution in [0, 0.1) is 5.82 Å². The molecule has 1 amide bonds. The van der Waals surface area contributed by atoms with Crippen molar-refractivity contribution in [2.24, 2.45) is 7.05 Å². The Balaban J connectivity index is 2.22. The van der Waals surface area contributed by atoms with E-state index in [9.17, 15) is 14.3 Å². The van der Waals surface area contributed by atoms with Crippen LogP contribution >= 0.6 is 0 Å². The van der Waals surface area contributed by atoms with Gasteiger partial charge >= 0.3 is 0 Å². The number of amides is 1. The average molecular weight is 237 g/mol. The van der Waals surface area contributed by atoms with E-state index < -0.39 is 11.7 Å². The fourth-order valence-corrected chi connectivity index (χ4v) is 1.19. The Labute approximate surface area is 94.9 Å². The molecule has 0 saturated carbocycles. The number of phenols is 1. The zero-order valence-electron chi connectivity index (χ0n) is 8.75. The molecule has 0 aliphatic carbocycles. The number of halogens is 1. The van der Waals surface area contributed by atoms with Gasteiger partial charge in [-0.05, 0) is 23.4 Å². The van der Waals surface area contributed by atoms with Crippen molar-refractivity contribution in [3.63, 3.8) is 0 Å². The maximum absolute atomic E-state index is 12.9. The number of anilines is 1. The third kappa shape index (κ3) is 2.36. The van der Waals surface area contributed by atoms with Crippen LogP contribution in [0.3, 0.4) is 0 Å². The van der Waals surface area contributed by atoms with Crippen molar-refractivity contribution < 1.29 is 14.3 Å². The van der Waals surface area contributed by atoms with Gasteiger partial charge in [0, 0.05) is 0 Å². The number of hydrogen-bond donors (Lipinski definition) is 2. The molecule has 2 N–H and O–H groups in total. The number of nitrogens with one attached hydrogen (secondary N) is 1. The minimum atomic E-state index is -0.713. The summed E-state index contributed by atoms with van der Waals surface area (Å²) in [5, 5.41) is 22.4. The summed E-state index contributed by atoms with van der Waals surface area (Å²) >= 11 is 0. The summed E-state index contributed by atoms with van der Waals surface area (Å²) < 4.78 is 12.9. The van der Waals surface area contributed by atoms with Crippen molar-refractivity contribution in [2.45, 2.75) is 0 Å². The van der Waals surface area contributed by atoms with Gasteiger partial charge in [0.15, 0.2) is 0 Å². The van der Waals surface area contributed by atoms with Crippen LogP contribution in [-0.4, -0.2) is 31.2 Å². The summed E-state index contributed by atoms with van der Waals surface area (Å²) in [4.78, 5) is 12.8. The van der Waals surface area contributed by atoms with E-state index in [1.54, 1.807) is 0 Å². The SMILES string of the molecule is Cn1nnc(NC(=O)c2cc(F)ccc2O)n1. The van der Waals surface area contributed by atoms with E-state index >= 15 is 0 Å². The van der Waals surface area contributed by atoms with Gasteiger partial charge in [-0.1, -0.05) is 5.10 Å². The monoisotopic (exact) mass is 237 g/mol. The lowest BCUT2D eigenvalue weighted by Gasteiger charge is -2.03. The first kappa shape index (κ1) is 11.0. The molecule has 0 radical (unpaired) electrons. The number of carbonyl (C=O) groups is 1. The van der Waals surface area contributed by atoms with Crippen LogP contribution < -0.4 is 5.32 Å². The quantitative estimate of drug-likeness (QED) is 0.783. The molecule has 0 atom stereocenters. The number of rotatable bonds is 2. The number of benzene rings is 1. The van der Waals surface area contributed by atoms with Gasteiger partial charge in [0.1, 0.15) is 11.6 Å². The van der Waals surface area contributed by atoms with Crippen molar-refractivity contribution in [2.75, 3.05) is 5.32 Å². The fourth-order valence-electron chi connectivity index (χ4n) is 1.19. The molecule has 1 heterocycles. The number of nitrogens with zero attached hydrogens (tertiary/aromatic N) is 4. The Morgan fingerprint density at radius 3 is 2.94 bits per heavy atom. The summed E-state index contributed by atoms with van der Waals surface area (Å²) in [5.74, 6) is -1.69. The van der Waals surface area contributed by atoms with Crippen LogP contribution in [-0.2, 0) is 7.05 Å². The number of tetrazole rings is 1. The molecule has 1 aromatic carbocycles. The van der Waals surface area contributed by atoms with E-state index in [0.717, 1.165) is 23.0 Å². The zero-order chi connectivity index (χ0) is 12.4. The van der Waals surface area contributed by atoms with Crippen molar-refractivity contribution in [1.29, 1.82) is 0 Å². The molecule has 0 saturated heterocycles. The molecule has 8 heteroatoms. The highest BCUT2D eigenvalue weighted by Crippen LogP contribution is 2.18. The molecular weight excluding hydrogens is 229 g/mol. The lowest BCUT2D eigenvalue weighted by atomic mass is 10.2. The minimum Gasteiger partial charge on any atom is -0.507 e. The van der Waals surface area contributed by atoms with E-state index in [1.165, 1.54) is 7.05 Å². The molecule has 2 aromatic rings. The van der Waals surface area contributed by atoms with Gasteiger partial charge in [-0.3, -0.25) is 10.1 Å². The van der Waals surface area contributed by atoms with Crippen molar-refractivity contribution >= 4 is 11.9 Å². The molecule has 0 aliphatic rings. The minimum absolute atomic E-state index is 0.0267. The molecule has 88 valence electrons. The maximum atomic E-state index is 12.9. The van der Waals surface area contributed by atoms with Gasteiger partial charge < -0.3 is 5.11 Å². The van der Waals surface area contributed by atoms with Gasteiger partial charge in [0.25, 0.3) is 11.9 Å². The van der Waals surface area contributed by atoms with Crippen LogP contribution in [0.2, 0.25) is 0 Å². The number of phenolic OH excluding ortho intramolecular Hbond substituents is 1. The highest BCUT2D eigenvalue weighted by atomic mass is 19.1. The Morgan fingerprint density at radius 1 is 1.53 bits per heavy atom. The maximum Gasteiger partial charge on any atom is 0.270 e. The smallest absolute Gasteiger partial charge is 0.270 e. The number of aryl methyl sites for hydroxylation is 1. The zero-order valence-corrected chi connectivity index (χ0v) is 8.75. The third-order valence-electron chi connectivity index (χ3n) is 1.94.